The normalized spacial score (nSPS) is 13.2. The summed E-state index contributed by atoms with van der Waals surface area (Å²) in [5.41, 5.74) is 0. The SMILES string of the molecule is C/C=C/C(=O)NCCCC(C)CO. The molecule has 0 aromatic carbocycles. The Balaban J connectivity index is 3.30. The van der Waals surface area contributed by atoms with E-state index in [1.54, 1.807) is 6.08 Å². The lowest BCUT2D eigenvalue weighted by Gasteiger charge is -2.06. The van der Waals surface area contributed by atoms with Gasteiger partial charge in [-0.05, 0) is 31.8 Å². The third-order valence-electron chi connectivity index (χ3n) is 1.80. The molecule has 0 saturated carbocycles. The highest BCUT2D eigenvalue weighted by molar-refractivity contribution is 5.87. The topological polar surface area (TPSA) is 49.3 Å². The molecule has 0 rings (SSSR count). The van der Waals surface area contributed by atoms with Crippen LogP contribution < -0.4 is 5.32 Å². The Kier molecular flexibility index (Phi) is 7.30. The van der Waals surface area contributed by atoms with Crippen molar-refractivity contribution in [2.75, 3.05) is 13.2 Å². The molecule has 2 N–H and O–H groups in total. The predicted molar refractivity (Wildman–Crippen MR) is 53.3 cm³/mol. The summed E-state index contributed by atoms with van der Waals surface area (Å²) in [6.07, 6.45) is 5.10. The van der Waals surface area contributed by atoms with Gasteiger partial charge >= 0.3 is 0 Å². The quantitative estimate of drug-likeness (QED) is 0.480. The minimum Gasteiger partial charge on any atom is -0.396 e. The molecule has 0 radical (unpaired) electrons. The highest BCUT2D eigenvalue weighted by Crippen LogP contribution is 2.02. The van der Waals surface area contributed by atoms with Crippen molar-refractivity contribution >= 4 is 5.91 Å². The van der Waals surface area contributed by atoms with Crippen LogP contribution in [0.3, 0.4) is 0 Å². The van der Waals surface area contributed by atoms with Gasteiger partial charge in [0.1, 0.15) is 0 Å². The van der Waals surface area contributed by atoms with Crippen molar-refractivity contribution < 1.29 is 9.90 Å². The molecule has 1 unspecified atom stereocenters. The van der Waals surface area contributed by atoms with E-state index in [1.807, 2.05) is 13.8 Å². The first-order valence-electron chi connectivity index (χ1n) is 4.72. The zero-order valence-electron chi connectivity index (χ0n) is 8.42. The molecule has 0 aromatic rings. The maximum Gasteiger partial charge on any atom is 0.243 e. The number of aliphatic hydroxyl groups is 1. The maximum absolute atomic E-state index is 10.9. The third-order valence-corrected chi connectivity index (χ3v) is 1.80. The van der Waals surface area contributed by atoms with E-state index in [0.29, 0.717) is 12.5 Å². The molecule has 0 bridgehead atoms. The molecule has 0 saturated heterocycles. The van der Waals surface area contributed by atoms with Crippen LogP contribution in [-0.4, -0.2) is 24.2 Å². The summed E-state index contributed by atoms with van der Waals surface area (Å²) in [6.45, 7) is 4.72. The van der Waals surface area contributed by atoms with Gasteiger partial charge in [0.05, 0.1) is 0 Å². The summed E-state index contributed by atoms with van der Waals surface area (Å²) < 4.78 is 0. The molecule has 1 atom stereocenters. The number of carbonyl (C=O) groups is 1. The summed E-state index contributed by atoms with van der Waals surface area (Å²) in [5, 5.41) is 11.5. The van der Waals surface area contributed by atoms with E-state index in [-0.39, 0.29) is 12.5 Å². The fraction of sp³-hybridized carbons (Fsp3) is 0.700. The number of allylic oxidation sites excluding steroid dienone is 1. The molecule has 0 aromatic heterocycles. The first kappa shape index (κ1) is 12.2. The fourth-order valence-corrected chi connectivity index (χ4v) is 0.964. The van der Waals surface area contributed by atoms with Gasteiger partial charge in [0, 0.05) is 13.2 Å². The van der Waals surface area contributed by atoms with Crippen molar-refractivity contribution in [1.29, 1.82) is 0 Å². The lowest BCUT2D eigenvalue weighted by molar-refractivity contribution is -0.116. The van der Waals surface area contributed by atoms with Crippen molar-refractivity contribution in [1.82, 2.24) is 5.32 Å². The maximum atomic E-state index is 10.9. The smallest absolute Gasteiger partial charge is 0.243 e. The Morgan fingerprint density at radius 1 is 1.62 bits per heavy atom. The minimum atomic E-state index is -0.0425. The van der Waals surface area contributed by atoms with E-state index in [1.165, 1.54) is 6.08 Å². The van der Waals surface area contributed by atoms with E-state index >= 15 is 0 Å². The van der Waals surface area contributed by atoms with Crippen molar-refractivity contribution in [2.24, 2.45) is 5.92 Å². The van der Waals surface area contributed by atoms with E-state index in [0.717, 1.165) is 12.8 Å². The van der Waals surface area contributed by atoms with Crippen molar-refractivity contribution in [2.45, 2.75) is 26.7 Å². The van der Waals surface area contributed by atoms with E-state index in [9.17, 15) is 4.79 Å². The van der Waals surface area contributed by atoms with Crippen LogP contribution in [0.5, 0.6) is 0 Å². The van der Waals surface area contributed by atoms with Crippen LogP contribution in [0.4, 0.5) is 0 Å². The molecule has 0 heterocycles. The van der Waals surface area contributed by atoms with Crippen LogP contribution in [0.25, 0.3) is 0 Å². The van der Waals surface area contributed by atoms with E-state index in [4.69, 9.17) is 5.11 Å². The molecule has 13 heavy (non-hydrogen) atoms. The largest absolute Gasteiger partial charge is 0.396 e. The lowest BCUT2D eigenvalue weighted by Crippen LogP contribution is -2.22. The first-order chi connectivity index (χ1) is 6.20. The Labute approximate surface area is 79.8 Å². The van der Waals surface area contributed by atoms with Gasteiger partial charge in [0.2, 0.25) is 5.91 Å². The minimum absolute atomic E-state index is 0.0425. The molecule has 0 aliphatic rings. The molecule has 0 spiro atoms. The standard InChI is InChI=1S/C10H19NO2/c1-3-5-10(13)11-7-4-6-9(2)8-12/h3,5,9,12H,4,6-8H2,1-2H3,(H,11,13)/b5-3+. The molecule has 0 aliphatic carbocycles. The average molecular weight is 185 g/mol. The summed E-state index contributed by atoms with van der Waals surface area (Å²) >= 11 is 0. The molecule has 0 aliphatic heterocycles. The molecular weight excluding hydrogens is 166 g/mol. The summed E-state index contributed by atoms with van der Waals surface area (Å²) in [4.78, 5) is 10.9. The molecule has 3 heteroatoms. The number of nitrogens with one attached hydrogen (secondary N) is 1. The number of aliphatic hydroxyl groups excluding tert-OH is 1. The third kappa shape index (κ3) is 7.53. The van der Waals surface area contributed by atoms with Crippen molar-refractivity contribution in [3.8, 4) is 0 Å². The number of amides is 1. The number of hydrogen-bond acceptors (Lipinski definition) is 2. The van der Waals surface area contributed by atoms with E-state index in [2.05, 4.69) is 5.32 Å². The molecular formula is C10H19NO2. The Morgan fingerprint density at radius 3 is 2.85 bits per heavy atom. The van der Waals surface area contributed by atoms with Gasteiger partial charge < -0.3 is 10.4 Å². The predicted octanol–water partition coefficient (Wildman–Crippen LogP) is 1.09. The van der Waals surface area contributed by atoms with Gasteiger partial charge in [-0.25, -0.2) is 0 Å². The van der Waals surface area contributed by atoms with Crippen LogP contribution in [0, 0.1) is 5.92 Å². The Bertz CT molecular complexity index is 166. The molecule has 3 nitrogen and oxygen atoms in total. The molecule has 1 amide bonds. The fourth-order valence-electron chi connectivity index (χ4n) is 0.964. The molecule has 76 valence electrons. The van der Waals surface area contributed by atoms with Crippen LogP contribution in [0.1, 0.15) is 26.7 Å². The Hall–Kier alpha value is -0.830. The summed E-state index contributed by atoms with van der Waals surface area (Å²) in [5.74, 6) is 0.290. The van der Waals surface area contributed by atoms with Gasteiger partial charge in [-0.1, -0.05) is 13.0 Å². The summed E-state index contributed by atoms with van der Waals surface area (Å²) in [6, 6.07) is 0. The highest BCUT2D eigenvalue weighted by Gasteiger charge is 1.99. The second-order valence-electron chi connectivity index (χ2n) is 3.22. The monoisotopic (exact) mass is 185 g/mol. The van der Waals surface area contributed by atoms with Gasteiger partial charge in [-0.3, -0.25) is 4.79 Å². The number of carbonyl (C=O) groups excluding carboxylic acids is 1. The average Bonchev–Trinajstić information content (AvgIpc) is 2.12. The van der Waals surface area contributed by atoms with Crippen LogP contribution in [0.2, 0.25) is 0 Å². The number of rotatable bonds is 6. The highest BCUT2D eigenvalue weighted by atomic mass is 16.3. The van der Waals surface area contributed by atoms with Crippen molar-refractivity contribution in [3.05, 3.63) is 12.2 Å². The zero-order chi connectivity index (χ0) is 10.1. The number of hydrogen-bond donors (Lipinski definition) is 2. The second-order valence-corrected chi connectivity index (χ2v) is 3.22. The van der Waals surface area contributed by atoms with Crippen LogP contribution in [-0.2, 0) is 4.79 Å². The van der Waals surface area contributed by atoms with Gasteiger partial charge in [-0.2, -0.15) is 0 Å². The lowest BCUT2D eigenvalue weighted by atomic mass is 10.1. The van der Waals surface area contributed by atoms with Gasteiger partial charge in [0.15, 0.2) is 0 Å². The zero-order valence-corrected chi connectivity index (χ0v) is 8.42. The van der Waals surface area contributed by atoms with Crippen LogP contribution >= 0.6 is 0 Å². The summed E-state index contributed by atoms with van der Waals surface area (Å²) in [7, 11) is 0. The van der Waals surface area contributed by atoms with Crippen molar-refractivity contribution in [3.63, 3.8) is 0 Å². The van der Waals surface area contributed by atoms with Gasteiger partial charge in [0.25, 0.3) is 0 Å². The van der Waals surface area contributed by atoms with E-state index < -0.39 is 0 Å². The molecule has 0 fully saturated rings. The Morgan fingerprint density at radius 2 is 2.31 bits per heavy atom. The van der Waals surface area contributed by atoms with Gasteiger partial charge in [-0.15, -0.1) is 0 Å². The first-order valence-corrected chi connectivity index (χ1v) is 4.72. The van der Waals surface area contributed by atoms with Crippen LogP contribution in [0.15, 0.2) is 12.2 Å². The second kappa shape index (κ2) is 7.80.